The summed E-state index contributed by atoms with van der Waals surface area (Å²) in [6.07, 6.45) is 1.53. The molecule has 0 aliphatic rings. The van der Waals surface area contributed by atoms with Crippen molar-refractivity contribution in [2.45, 2.75) is 13.8 Å². The highest BCUT2D eigenvalue weighted by molar-refractivity contribution is 6.09. The lowest BCUT2D eigenvalue weighted by Gasteiger charge is -2.22. The Labute approximate surface area is 166 Å². The number of carbonyl (C=O) groups excluding carboxylic acids is 1. The molecule has 0 aliphatic heterocycles. The summed E-state index contributed by atoms with van der Waals surface area (Å²) in [5.74, 6) is 0.809. The van der Waals surface area contributed by atoms with Crippen LogP contribution in [-0.4, -0.2) is 33.2 Å². The van der Waals surface area contributed by atoms with Gasteiger partial charge in [0, 0.05) is 36.1 Å². The van der Waals surface area contributed by atoms with Gasteiger partial charge in [-0.15, -0.1) is 0 Å². The van der Waals surface area contributed by atoms with Gasteiger partial charge in [-0.3, -0.25) is 4.79 Å². The monoisotopic (exact) mass is 379 g/mol. The van der Waals surface area contributed by atoms with Crippen molar-refractivity contribution in [1.29, 1.82) is 5.26 Å². The molecule has 2 aromatic rings. The molecule has 0 saturated carbocycles. The van der Waals surface area contributed by atoms with Crippen molar-refractivity contribution >= 4 is 23.4 Å². The number of benzene rings is 2. The van der Waals surface area contributed by atoms with E-state index in [9.17, 15) is 10.1 Å². The first-order valence-electron chi connectivity index (χ1n) is 9.06. The van der Waals surface area contributed by atoms with Crippen molar-refractivity contribution in [1.82, 2.24) is 0 Å². The van der Waals surface area contributed by atoms with Crippen LogP contribution >= 0.6 is 0 Å². The summed E-state index contributed by atoms with van der Waals surface area (Å²) in [6, 6.07) is 14.6. The normalized spacial score (nSPS) is 10.8. The van der Waals surface area contributed by atoms with Crippen LogP contribution in [0.1, 0.15) is 19.4 Å². The third-order valence-electron chi connectivity index (χ3n) is 4.36. The van der Waals surface area contributed by atoms with Gasteiger partial charge in [-0.2, -0.15) is 5.26 Å². The molecule has 0 unspecified atom stereocenters. The van der Waals surface area contributed by atoms with E-state index in [4.69, 9.17) is 9.47 Å². The van der Waals surface area contributed by atoms with Crippen molar-refractivity contribution in [2.75, 3.05) is 37.5 Å². The summed E-state index contributed by atoms with van der Waals surface area (Å²) in [5.41, 5.74) is 2.26. The fourth-order valence-corrected chi connectivity index (χ4v) is 2.78. The van der Waals surface area contributed by atoms with Gasteiger partial charge in [0.1, 0.15) is 23.1 Å². The lowest BCUT2D eigenvalue weighted by atomic mass is 10.1. The molecule has 6 nitrogen and oxygen atoms in total. The van der Waals surface area contributed by atoms with E-state index in [-0.39, 0.29) is 5.57 Å². The third-order valence-corrected chi connectivity index (χ3v) is 4.36. The molecule has 6 heteroatoms. The highest BCUT2D eigenvalue weighted by atomic mass is 16.5. The van der Waals surface area contributed by atoms with Gasteiger partial charge in [0.25, 0.3) is 5.91 Å². The summed E-state index contributed by atoms with van der Waals surface area (Å²) >= 11 is 0. The number of nitrogens with one attached hydrogen (secondary N) is 1. The SMILES string of the molecule is CCN(CC)c1ccc(/C=C(\C#N)C(=O)Nc2ccc(OC)cc2)c(OC)c1. The molecule has 1 amide bonds. The van der Waals surface area contributed by atoms with Crippen molar-refractivity contribution in [2.24, 2.45) is 0 Å². The van der Waals surface area contributed by atoms with E-state index < -0.39 is 5.91 Å². The minimum absolute atomic E-state index is 0.00953. The number of amides is 1. The second kappa shape index (κ2) is 10.0. The van der Waals surface area contributed by atoms with Crippen LogP contribution < -0.4 is 19.7 Å². The Morgan fingerprint density at radius 3 is 2.32 bits per heavy atom. The molecule has 146 valence electrons. The molecule has 0 aromatic heterocycles. The molecule has 1 N–H and O–H groups in total. The van der Waals surface area contributed by atoms with Crippen LogP contribution in [0.25, 0.3) is 6.08 Å². The quantitative estimate of drug-likeness (QED) is 0.552. The van der Waals surface area contributed by atoms with E-state index in [2.05, 4.69) is 24.1 Å². The maximum atomic E-state index is 12.5. The Bertz CT molecular complexity index is 879. The average molecular weight is 379 g/mol. The summed E-state index contributed by atoms with van der Waals surface area (Å²) in [7, 11) is 3.14. The topological polar surface area (TPSA) is 74.6 Å². The Morgan fingerprint density at radius 1 is 1.11 bits per heavy atom. The number of carbonyl (C=O) groups is 1. The Hall–Kier alpha value is -3.46. The van der Waals surface area contributed by atoms with E-state index >= 15 is 0 Å². The third kappa shape index (κ3) is 5.04. The fraction of sp³-hybridized carbons (Fsp3) is 0.273. The second-order valence-corrected chi connectivity index (χ2v) is 5.95. The van der Waals surface area contributed by atoms with Crippen LogP contribution in [0.5, 0.6) is 11.5 Å². The molecule has 0 atom stereocenters. The molecule has 0 saturated heterocycles. The molecular formula is C22H25N3O3. The minimum atomic E-state index is -0.484. The molecule has 28 heavy (non-hydrogen) atoms. The zero-order valence-electron chi connectivity index (χ0n) is 16.7. The summed E-state index contributed by atoms with van der Waals surface area (Å²) < 4.78 is 10.6. The Balaban J connectivity index is 2.27. The van der Waals surface area contributed by atoms with Crippen LogP contribution in [-0.2, 0) is 4.79 Å². The summed E-state index contributed by atoms with van der Waals surface area (Å²) in [5, 5.41) is 12.2. The van der Waals surface area contributed by atoms with Crippen molar-refractivity contribution in [3.8, 4) is 17.6 Å². The predicted octanol–water partition coefficient (Wildman–Crippen LogP) is 4.10. The number of anilines is 2. The maximum Gasteiger partial charge on any atom is 0.266 e. The first-order valence-corrected chi connectivity index (χ1v) is 9.06. The fourth-order valence-electron chi connectivity index (χ4n) is 2.78. The van der Waals surface area contributed by atoms with E-state index in [1.165, 1.54) is 6.08 Å². The number of hydrogen-bond donors (Lipinski definition) is 1. The van der Waals surface area contributed by atoms with Crippen molar-refractivity contribution in [3.63, 3.8) is 0 Å². The van der Waals surface area contributed by atoms with Gasteiger partial charge < -0.3 is 19.7 Å². The zero-order chi connectivity index (χ0) is 20.5. The van der Waals surface area contributed by atoms with Gasteiger partial charge in [0.2, 0.25) is 0 Å². The first kappa shape index (κ1) is 20.8. The average Bonchev–Trinajstić information content (AvgIpc) is 2.73. The van der Waals surface area contributed by atoms with Crippen LogP contribution in [0, 0.1) is 11.3 Å². The number of nitriles is 1. The lowest BCUT2D eigenvalue weighted by molar-refractivity contribution is -0.112. The lowest BCUT2D eigenvalue weighted by Crippen LogP contribution is -2.21. The van der Waals surface area contributed by atoms with Gasteiger partial charge in [-0.25, -0.2) is 0 Å². The van der Waals surface area contributed by atoms with E-state index in [0.29, 0.717) is 22.7 Å². The molecule has 0 bridgehead atoms. The predicted molar refractivity (Wildman–Crippen MR) is 112 cm³/mol. The molecule has 0 radical (unpaired) electrons. The van der Waals surface area contributed by atoms with Gasteiger partial charge in [-0.1, -0.05) is 0 Å². The number of nitrogens with zero attached hydrogens (tertiary/aromatic N) is 2. The molecule has 0 fully saturated rings. The number of methoxy groups -OCH3 is 2. The number of rotatable bonds is 8. The summed E-state index contributed by atoms with van der Waals surface area (Å²) in [4.78, 5) is 14.7. The number of hydrogen-bond acceptors (Lipinski definition) is 5. The zero-order valence-corrected chi connectivity index (χ0v) is 16.7. The van der Waals surface area contributed by atoms with E-state index in [0.717, 1.165) is 18.8 Å². The maximum absolute atomic E-state index is 12.5. The second-order valence-electron chi connectivity index (χ2n) is 5.95. The minimum Gasteiger partial charge on any atom is -0.497 e. The highest BCUT2D eigenvalue weighted by Gasteiger charge is 2.13. The molecule has 0 heterocycles. The van der Waals surface area contributed by atoms with Gasteiger partial charge >= 0.3 is 0 Å². The highest BCUT2D eigenvalue weighted by Crippen LogP contribution is 2.28. The molecule has 2 aromatic carbocycles. The first-order chi connectivity index (χ1) is 13.6. The van der Waals surface area contributed by atoms with Gasteiger partial charge in [-0.05, 0) is 56.3 Å². The van der Waals surface area contributed by atoms with Crippen LogP contribution in [0.3, 0.4) is 0 Å². The Morgan fingerprint density at radius 2 is 1.79 bits per heavy atom. The smallest absolute Gasteiger partial charge is 0.266 e. The van der Waals surface area contributed by atoms with Crippen molar-refractivity contribution in [3.05, 3.63) is 53.6 Å². The van der Waals surface area contributed by atoms with Crippen LogP contribution in [0.4, 0.5) is 11.4 Å². The van der Waals surface area contributed by atoms with Gasteiger partial charge in [0.15, 0.2) is 0 Å². The molecular weight excluding hydrogens is 354 g/mol. The van der Waals surface area contributed by atoms with Crippen LogP contribution in [0.2, 0.25) is 0 Å². The molecule has 2 rings (SSSR count). The standard InChI is InChI=1S/C22H25N3O3/c1-5-25(6-2)19-10-7-16(21(14-19)28-4)13-17(15-23)22(26)24-18-8-11-20(27-3)12-9-18/h7-14H,5-6H2,1-4H3,(H,24,26)/b17-13+. The van der Waals surface area contributed by atoms with Crippen molar-refractivity contribution < 1.29 is 14.3 Å². The largest absolute Gasteiger partial charge is 0.497 e. The molecule has 0 spiro atoms. The van der Waals surface area contributed by atoms with Crippen LogP contribution in [0.15, 0.2) is 48.0 Å². The molecule has 0 aliphatic carbocycles. The number of ether oxygens (including phenoxy) is 2. The summed E-state index contributed by atoms with van der Waals surface area (Å²) in [6.45, 7) is 5.92. The van der Waals surface area contributed by atoms with Gasteiger partial charge in [0.05, 0.1) is 14.2 Å². The van der Waals surface area contributed by atoms with E-state index in [1.807, 2.05) is 24.3 Å². The Kier molecular flexibility index (Phi) is 7.46. The van der Waals surface area contributed by atoms with E-state index in [1.54, 1.807) is 38.5 Å².